The molecule has 0 fully saturated rings. The van der Waals surface area contributed by atoms with Crippen molar-refractivity contribution in [3.05, 3.63) is 0 Å². The molecule has 0 aromatic heterocycles. The van der Waals surface area contributed by atoms with Gasteiger partial charge >= 0.3 is 17.1 Å². The van der Waals surface area contributed by atoms with Crippen LogP contribution in [0.2, 0.25) is 41.8 Å². The van der Waals surface area contributed by atoms with Gasteiger partial charge in [0.2, 0.25) is 0 Å². The molecule has 0 N–H and O–H groups in total. The zero-order valence-electron chi connectivity index (χ0n) is 24.4. The summed E-state index contributed by atoms with van der Waals surface area (Å²) >= 11 is 0. The lowest BCUT2D eigenvalue weighted by molar-refractivity contribution is 0.186. The fourth-order valence-corrected chi connectivity index (χ4v) is 18.4. The van der Waals surface area contributed by atoms with Crippen LogP contribution < -0.4 is 0 Å². The molecule has 0 amide bonds. The maximum absolute atomic E-state index is 6.14. The molecule has 0 heterocycles. The van der Waals surface area contributed by atoms with Gasteiger partial charge in [0.25, 0.3) is 0 Å². The quantitative estimate of drug-likeness (QED) is 0.155. The molecule has 0 spiro atoms. The van der Waals surface area contributed by atoms with Crippen LogP contribution in [0.5, 0.6) is 0 Å². The van der Waals surface area contributed by atoms with Gasteiger partial charge in [0.1, 0.15) is 8.24 Å². The fourth-order valence-electron chi connectivity index (χ4n) is 6.37. The molecular weight excluding hydrogens is 463 g/mol. The van der Waals surface area contributed by atoms with Gasteiger partial charge in [0.15, 0.2) is 0 Å². The number of nitrogens with zero attached hydrogens (tertiary/aromatic N) is 1. The minimum absolute atomic E-state index is 0.710. The van der Waals surface area contributed by atoms with Crippen LogP contribution in [0.3, 0.4) is 0 Å². The molecule has 0 rings (SSSR count). The summed E-state index contributed by atoms with van der Waals surface area (Å²) in [6.07, 6.45) is 2.30. The summed E-state index contributed by atoms with van der Waals surface area (Å²) < 4.78 is 27.5. The maximum Gasteiger partial charge on any atom is 0.334 e. The Hall–Kier alpha value is 0.451. The average molecular weight is 522 g/mol. The molecule has 8 heteroatoms. The number of rotatable bonds is 20. The molecule has 0 saturated carbocycles. The molecule has 0 radical (unpaired) electrons. The van der Waals surface area contributed by atoms with Crippen molar-refractivity contribution < 1.29 is 17.7 Å². The van der Waals surface area contributed by atoms with Crippen LogP contribution in [0.1, 0.15) is 82.1 Å². The van der Waals surface area contributed by atoms with Crippen LogP contribution in [-0.4, -0.2) is 69.4 Å². The van der Waals surface area contributed by atoms with Crippen LogP contribution in [0.4, 0.5) is 0 Å². The van der Waals surface area contributed by atoms with E-state index < -0.39 is 25.4 Å². The van der Waals surface area contributed by atoms with Crippen LogP contribution >= 0.6 is 0 Å². The summed E-state index contributed by atoms with van der Waals surface area (Å²) in [5, 5.41) is 0. The van der Waals surface area contributed by atoms with Crippen molar-refractivity contribution in [3.8, 4) is 0 Å². The van der Waals surface area contributed by atoms with E-state index >= 15 is 0 Å². The van der Waals surface area contributed by atoms with E-state index in [1.807, 2.05) is 0 Å². The molecule has 0 atom stereocenters. The van der Waals surface area contributed by atoms with Gasteiger partial charge in [-0.1, -0.05) is 41.5 Å². The summed E-state index contributed by atoms with van der Waals surface area (Å²) in [5.41, 5.74) is 2.13. The summed E-state index contributed by atoms with van der Waals surface area (Å²) in [6.45, 7) is 32.9. The largest absolute Gasteiger partial charge is 0.395 e. The van der Waals surface area contributed by atoms with Crippen LogP contribution in [0.25, 0.3) is 0 Å². The van der Waals surface area contributed by atoms with Crippen molar-refractivity contribution in [2.24, 2.45) is 0 Å². The van der Waals surface area contributed by atoms with Crippen molar-refractivity contribution in [3.63, 3.8) is 0 Å². The molecule has 200 valence electrons. The van der Waals surface area contributed by atoms with E-state index in [0.29, 0.717) is 16.6 Å². The Balaban J connectivity index is 5.67. The van der Waals surface area contributed by atoms with E-state index in [-0.39, 0.29) is 0 Å². The molecule has 0 aliphatic carbocycles. The van der Waals surface area contributed by atoms with E-state index in [1.165, 1.54) is 0 Å². The zero-order chi connectivity index (χ0) is 25.7. The lowest BCUT2D eigenvalue weighted by atomic mass is 10.4. The summed E-state index contributed by atoms with van der Waals surface area (Å²) in [6, 6.07) is 2.13. The predicted octanol–water partition coefficient (Wildman–Crippen LogP) is 7.53. The first-order valence-corrected chi connectivity index (χ1v) is 20.9. The molecule has 0 aromatic rings. The lowest BCUT2D eigenvalue weighted by Crippen LogP contribution is -2.61. The second kappa shape index (κ2) is 16.2. The summed E-state index contributed by atoms with van der Waals surface area (Å²) in [4.78, 5) is 0. The third kappa shape index (κ3) is 10.1. The molecular formula is C25H59NO4Si3. The Morgan fingerprint density at radius 2 is 0.818 bits per heavy atom. The topological polar surface area (TPSA) is 40.2 Å². The SMILES string of the molecule is CCO[Si](C)(CCCN(CCC[Si](C)(OCC)OCC)[Si](C(C)C)(C(C)C)C(C)C)OCC. The van der Waals surface area contributed by atoms with Gasteiger partial charge < -0.3 is 22.3 Å². The van der Waals surface area contributed by atoms with Gasteiger partial charge in [-0.2, -0.15) is 0 Å². The smallest absolute Gasteiger partial charge is 0.334 e. The Morgan fingerprint density at radius 1 is 0.545 bits per heavy atom. The van der Waals surface area contributed by atoms with Gasteiger partial charge in [-0.25, -0.2) is 0 Å². The molecule has 0 aliphatic rings. The first kappa shape index (κ1) is 33.5. The summed E-state index contributed by atoms with van der Waals surface area (Å²) in [5.74, 6) is 0. The second-order valence-corrected chi connectivity index (χ2v) is 23.1. The molecule has 0 unspecified atom stereocenters. The van der Waals surface area contributed by atoms with Crippen molar-refractivity contribution in [1.29, 1.82) is 0 Å². The van der Waals surface area contributed by atoms with E-state index in [2.05, 4.69) is 86.9 Å². The van der Waals surface area contributed by atoms with Crippen molar-refractivity contribution in [2.75, 3.05) is 39.5 Å². The van der Waals surface area contributed by atoms with Gasteiger partial charge in [-0.3, -0.25) is 0 Å². The van der Waals surface area contributed by atoms with Gasteiger partial charge in [0.05, 0.1) is 0 Å². The lowest BCUT2D eigenvalue weighted by Gasteiger charge is -2.51. The van der Waals surface area contributed by atoms with E-state index in [1.54, 1.807) is 0 Å². The molecule has 5 nitrogen and oxygen atoms in total. The van der Waals surface area contributed by atoms with E-state index in [9.17, 15) is 0 Å². The Kier molecular flexibility index (Phi) is 16.5. The fraction of sp³-hybridized carbons (Fsp3) is 1.00. The molecule has 0 aliphatic heterocycles. The van der Waals surface area contributed by atoms with Crippen LogP contribution in [0.15, 0.2) is 0 Å². The molecule has 0 aromatic carbocycles. The minimum Gasteiger partial charge on any atom is -0.395 e. The van der Waals surface area contributed by atoms with E-state index in [0.717, 1.165) is 64.4 Å². The first-order chi connectivity index (χ1) is 15.4. The van der Waals surface area contributed by atoms with Crippen molar-refractivity contribution in [2.45, 2.75) is 124 Å². The average Bonchev–Trinajstić information content (AvgIpc) is 2.68. The monoisotopic (exact) mass is 521 g/mol. The minimum atomic E-state index is -2.08. The van der Waals surface area contributed by atoms with Crippen LogP contribution in [-0.2, 0) is 17.7 Å². The molecule has 0 bridgehead atoms. The summed E-state index contributed by atoms with van der Waals surface area (Å²) in [7, 11) is -5.89. The Labute approximate surface area is 210 Å². The highest BCUT2D eigenvalue weighted by molar-refractivity contribution is 6.81. The van der Waals surface area contributed by atoms with E-state index in [4.69, 9.17) is 17.7 Å². The first-order valence-electron chi connectivity index (χ1n) is 13.7. The predicted molar refractivity (Wildman–Crippen MR) is 151 cm³/mol. The molecule has 0 saturated heterocycles. The third-order valence-corrected chi connectivity index (χ3v) is 20.5. The van der Waals surface area contributed by atoms with Gasteiger partial charge in [-0.05, 0) is 95.4 Å². The Bertz CT molecular complexity index is 444. The highest BCUT2D eigenvalue weighted by Gasteiger charge is 2.48. The number of hydrogen-bond donors (Lipinski definition) is 0. The number of hydrogen-bond acceptors (Lipinski definition) is 5. The van der Waals surface area contributed by atoms with Gasteiger partial charge in [0, 0.05) is 26.4 Å². The second-order valence-electron chi connectivity index (χ2n) is 10.5. The third-order valence-electron chi connectivity index (χ3n) is 7.24. The van der Waals surface area contributed by atoms with Gasteiger partial charge in [-0.15, -0.1) is 0 Å². The normalized spacial score (nSPS) is 13.8. The molecule has 33 heavy (non-hydrogen) atoms. The van der Waals surface area contributed by atoms with Crippen LogP contribution in [0, 0.1) is 0 Å². The van der Waals surface area contributed by atoms with Crippen molar-refractivity contribution >= 4 is 25.4 Å². The van der Waals surface area contributed by atoms with Crippen molar-refractivity contribution in [1.82, 2.24) is 4.57 Å². The highest BCUT2D eigenvalue weighted by atomic mass is 28.4. The maximum atomic E-state index is 6.14. The Morgan fingerprint density at radius 3 is 1.03 bits per heavy atom. The standard InChI is InChI=1S/C25H59NO4Si3/c1-13-27-31(11,28-14-2)21-17-19-26(33(23(5)6,24(7)8)25(9)10)20-18-22-32(12,29-15-3)30-16-4/h23-25H,13-22H2,1-12H3. The zero-order valence-corrected chi connectivity index (χ0v) is 27.4. The highest BCUT2D eigenvalue weighted by Crippen LogP contribution is 2.44.